The van der Waals surface area contributed by atoms with Gasteiger partial charge in [0.1, 0.15) is 0 Å². The van der Waals surface area contributed by atoms with E-state index in [1.165, 1.54) is 10.6 Å². The number of nitrogens with zero attached hydrogens (tertiary/aromatic N) is 1. The Labute approximate surface area is 103 Å². The summed E-state index contributed by atoms with van der Waals surface area (Å²) < 4.78 is 23.9. The van der Waals surface area contributed by atoms with Gasteiger partial charge in [0.25, 0.3) is 0 Å². The maximum absolute atomic E-state index is 11.4. The van der Waals surface area contributed by atoms with Crippen molar-refractivity contribution in [2.24, 2.45) is 11.7 Å². The Morgan fingerprint density at radius 3 is 2.53 bits per heavy atom. The molecule has 2 unspecified atom stereocenters. The summed E-state index contributed by atoms with van der Waals surface area (Å²) in [6.07, 6.45) is 2.57. The Bertz CT molecular complexity index is 369. The summed E-state index contributed by atoms with van der Waals surface area (Å²) in [6, 6.07) is 0.0122. The van der Waals surface area contributed by atoms with Crippen LogP contribution in [0.5, 0.6) is 0 Å². The van der Waals surface area contributed by atoms with Gasteiger partial charge in [0.2, 0.25) is 15.9 Å². The molecule has 6 nitrogen and oxygen atoms in total. The van der Waals surface area contributed by atoms with Crippen molar-refractivity contribution in [1.29, 1.82) is 0 Å². The molecule has 1 rings (SSSR count). The van der Waals surface area contributed by atoms with E-state index in [2.05, 4.69) is 5.32 Å². The second-order valence-electron chi connectivity index (χ2n) is 4.41. The number of nitrogens with one attached hydrogen (secondary N) is 1. The molecule has 0 aromatic carbocycles. The van der Waals surface area contributed by atoms with Crippen molar-refractivity contribution in [2.75, 3.05) is 25.9 Å². The van der Waals surface area contributed by atoms with Crippen LogP contribution in [-0.4, -0.2) is 50.6 Å². The molecule has 0 radical (unpaired) electrons. The zero-order valence-corrected chi connectivity index (χ0v) is 11.2. The number of hydrogen-bond acceptors (Lipinski definition) is 4. The van der Waals surface area contributed by atoms with Crippen LogP contribution in [0.25, 0.3) is 0 Å². The van der Waals surface area contributed by atoms with E-state index in [1.54, 1.807) is 6.92 Å². The van der Waals surface area contributed by atoms with Gasteiger partial charge in [0.15, 0.2) is 0 Å². The maximum Gasteiger partial charge on any atom is 0.224 e. The lowest BCUT2D eigenvalue weighted by Gasteiger charge is -2.17. The zero-order chi connectivity index (χ0) is 13.1. The summed E-state index contributed by atoms with van der Waals surface area (Å²) in [5, 5.41) is 2.77. The highest BCUT2D eigenvalue weighted by Crippen LogP contribution is 2.27. The highest BCUT2D eigenvalue weighted by atomic mass is 32.2. The van der Waals surface area contributed by atoms with Crippen LogP contribution in [0.4, 0.5) is 0 Å². The van der Waals surface area contributed by atoms with Crippen molar-refractivity contribution in [1.82, 2.24) is 9.62 Å². The van der Waals surface area contributed by atoms with Crippen LogP contribution in [0.3, 0.4) is 0 Å². The van der Waals surface area contributed by atoms with E-state index < -0.39 is 10.0 Å². The number of sulfonamides is 1. The molecule has 0 saturated heterocycles. The number of carbonyl (C=O) groups is 1. The topological polar surface area (TPSA) is 92.5 Å². The van der Waals surface area contributed by atoms with Gasteiger partial charge in [-0.05, 0) is 12.8 Å². The molecular formula is C10H21N3O3S. The fraction of sp³-hybridized carbons (Fsp3) is 0.900. The average Bonchev–Trinajstić information content (AvgIpc) is 2.93. The van der Waals surface area contributed by atoms with Gasteiger partial charge < -0.3 is 11.1 Å². The second kappa shape index (κ2) is 5.79. The van der Waals surface area contributed by atoms with Crippen molar-refractivity contribution in [2.45, 2.75) is 25.8 Å². The van der Waals surface area contributed by atoms with Gasteiger partial charge in [-0.25, -0.2) is 12.7 Å². The molecule has 0 aromatic rings. The molecule has 2 atom stereocenters. The maximum atomic E-state index is 11.4. The molecule has 3 N–H and O–H groups in total. The third kappa shape index (κ3) is 4.61. The number of nitrogens with two attached hydrogens (primary N) is 1. The number of hydrogen-bond donors (Lipinski definition) is 2. The lowest BCUT2D eigenvalue weighted by molar-refractivity contribution is -0.122. The van der Waals surface area contributed by atoms with Crippen LogP contribution in [0, 0.1) is 5.92 Å². The van der Waals surface area contributed by atoms with Crippen molar-refractivity contribution in [3.63, 3.8) is 0 Å². The Kier molecular flexibility index (Phi) is 4.91. The highest BCUT2D eigenvalue weighted by molar-refractivity contribution is 7.88. The van der Waals surface area contributed by atoms with Gasteiger partial charge in [-0.15, -0.1) is 0 Å². The summed E-state index contributed by atoms with van der Waals surface area (Å²) in [4.78, 5) is 11.4. The molecular weight excluding hydrogens is 242 g/mol. The summed E-state index contributed by atoms with van der Waals surface area (Å²) in [5.41, 5.74) is 5.55. The van der Waals surface area contributed by atoms with E-state index in [1.807, 2.05) is 0 Å². The molecule has 0 spiro atoms. The van der Waals surface area contributed by atoms with Crippen molar-refractivity contribution in [3.8, 4) is 0 Å². The minimum absolute atomic E-state index is 0.0122. The second-order valence-corrected chi connectivity index (χ2v) is 6.39. The van der Waals surface area contributed by atoms with Gasteiger partial charge >= 0.3 is 0 Å². The molecule has 1 aliphatic carbocycles. The number of carbonyl (C=O) groups excluding carboxylic acids is 1. The Hall–Kier alpha value is -0.660. The molecule has 17 heavy (non-hydrogen) atoms. The molecule has 0 aliphatic heterocycles. The van der Waals surface area contributed by atoms with Gasteiger partial charge in [-0.1, -0.05) is 6.92 Å². The summed E-state index contributed by atoms with van der Waals surface area (Å²) in [6.45, 7) is 3.18. The molecule has 0 bridgehead atoms. The average molecular weight is 263 g/mol. The molecule has 0 heterocycles. The van der Waals surface area contributed by atoms with Gasteiger partial charge in [0.05, 0.1) is 12.2 Å². The lowest BCUT2D eigenvalue weighted by atomic mass is 10.3. The normalized spacial score (nSPS) is 23.8. The smallest absolute Gasteiger partial charge is 0.224 e. The first-order valence-electron chi connectivity index (χ1n) is 5.84. The molecule has 1 aliphatic rings. The highest BCUT2D eigenvalue weighted by Gasteiger charge is 2.39. The van der Waals surface area contributed by atoms with Crippen LogP contribution in [0.1, 0.15) is 19.8 Å². The van der Waals surface area contributed by atoms with Crippen LogP contribution in [0.15, 0.2) is 0 Å². The van der Waals surface area contributed by atoms with Crippen LogP contribution in [-0.2, 0) is 14.8 Å². The molecule has 100 valence electrons. The predicted octanol–water partition coefficient (Wildman–Crippen LogP) is -0.879. The van der Waals surface area contributed by atoms with Gasteiger partial charge in [-0.2, -0.15) is 0 Å². The van der Waals surface area contributed by atoms with Gasteiger partial charge in [-0.3, -0.25) is 4.79 Å². The fourth-order valence-electron chi connectivity index (χ4n) is 1.67. The lowest BCUT2D eigenvalue weighted by Crippen LogP contribution is -2.34. The molecule has 7 heteroatoms. The van der Waals surface area contributed by atoms with Crippen molar-refractivity contribution in [3.05, 3.63) is 0 Å². The van der Waals surface area contributed by atoms with Gasteiger partial charge in [0, 0.05) is 25.7 Å². The molecule has 1 amide bonds. The quantitative estimate of drug-likeness (QED) is 0.583. The summed E-state index contributed by atoms with van der Waals surface area (Å²) in [7, 11) is -3.13. The molecule has 0 aromatic heterocycles. The van der Waals surface area contributed by atoms with E-state index in [9.17, 15) is 13.2 Å². The third-order valence-corrected chi connectivity index (χ3v) is 4.26. The number of amides is 1. The van der Waals surface area contributed by atoms with Crippen molar-refractivity contribution >= 4 is 15.9 Å². The standard InChI is InChI=1S/C10H21N3O3S/c1-3-13(17(2,15)16)6-4-5-12-10(14)8-7-9(8)11/h8-9H,3-7,11H2,1-2H3,(H,12,14). The predicted molar refractivity (Wildman–Crippen MR) is 65.8 cm³/mol. The summed E-state index contributed by atoms with van der Waals surface area (Å²) >= 11 is 0. The SMILES string of the molecule is CCN(CCCNC(=O)C1CC1N)S(C)(=O)=O. The molecule has 1 fully saturated rings. The van der Waals surface area contributed by atoms with E-state index >= 15 is 0 Å². The zero-order valence-electron chi connectivity index (χ0n) is 10.3. The Morgan fingerprint density at radius 2 is 2.12 bits per heavy atom. The van der Waals surface area contributed by atoms with Crippen LogP contribution in [0.2, 0.25) is 0 Å². The third-order valence-electron chi connectivity index (χ3n) is 2.88. The Morgan fingerprint density at radius 1 is 1.53 bits per heavy atom. The summed E-state index contributed by atoms with van der Waals surface area (Å²) in [5.74, 6) is -0.0490. The van der Waals surface area contributed by atoms with E-state index in [-0.39, 0.29) is 17.9 Å². The first-order chi connectivity index (χ1) is 7.86. The minimum atomic E-state index is -3.13. The van der Waals surface area contributed by atoms with E-state index in [0.29, 0.717) is 26.1 Å². The van der Waals surface area contributed by atoms with Crippen LogP contribution >= 0.6 is 0 Å². The first kappa shape index (κ1) is 14.4. The first-order valence-corrected chi connectivity index (χ1v) is 7.69. The molecule has 1 saturated carbocycles. The Balaban J connectivity index is 2.17. The van der Waals surface area contributed by atoms with E-state index in [4.69, 9.17) is 5.73 Å². The minimum Gasteiger partial charge on any atom is -0.356 e. The monoisotopic (exact) mass is 263 g/mol. The van der Waals surface area contributed by atoms with Crippen LogP contribution < -0.4 is 11.1 Å². The largest absolute Gasteiger partial charge is 0.356 e. The van der Waals surface area contributed by atoms with Crippen molar-refractivity contribution < 1.29 is 13.2 Å². The number of rotatable bonds is 7. The fourth-order valence-corrected chi connectivity index (χ4v) is 2.60. The van der Waals surface area contributed by atoms with E-state index in [0.717, 1.165) is 6.42 Å².